The number of anilines is 2. The third-order valence-electron chi connectivity index (χ3n) is 5.58. The van der Waals surface area contributed by atoms with Crippen molar-refractivity contribution in [1.82, 2.24) is 0 Å². The number of aryl methyl sites for hydroxylation is 1. The largest absolute Gasteiger partial charge is 0.462 e. The van der Waals surface area contributed by atoms with Gasteiger partial charge in [0.25, 0.3) is 0 Å². The second kappa shape index (κ2) is 12.6. The van der Waals surface area contributed by atoms with Crippen LogP contribution in [0.2, 0.25) is 0 Å². The molecule has 0 atom stereocenters. The van der Waals surface area contributed by atoms with Crippen LogP contribution in [0.1, 0.15) is 80.6 Å². The van der Waals surface area contributed by atoms with Gasteiger partial charge in [0.15, 0.2) is 0 Å². The molecule has 2 aromatic rings. The summed E-state index contributed by atoms with van der Waals surface area (Å²) in [5.41, 5.74) is 2.22. The summed E-state index contributed by atoms with van der Waals surface area (Å²) in [5, 5.41) is 6.51. The van der Waals surface area contributed by atoms with Gasteiger partial charge in [-0.25, -0.2) is 4.79 Å². The summed E-state index contributed by atoms with van der Waals surface area (Å²) in [6, 6.07) is 7.50. The molecule has 3 rings (SSSR count). The van der Waals surface area contributed by atoms with Gasteiger partial charge in [-0.15, -0.1) is 23.1 Å². The molecule has 35 heavy (non-hydrogen) atoms. The predicted octanol–water partition coefficient (Wildman–Crippen LogP) is 6.69. The van der Waals surface area contributed by atoms with Gasteiger partial charge in [0.2, 0.25) is 11.8 Å². The van der Waals surface area contributed by atoms with E-state index in [-0.39, 0.29) is 29.0 Å². The number of thioether (sulfide) groups is 1. The lowest BCUT2D eigenvalue weighted by Gasteiger charge is -2.17. The summed E-state index contributed by atoms with van der Waals surface area (Å²) >= 11 is 2.91. The molecule has 1 aromatic carbocycles. The molecule has 0 aliphatic heterocycles. The summed E-state index contributed by atoms with van der Waals surface area (Å²) in [4.78, 5) is 39.9. The number of hydrogen-bond donors (Lipinski definition) is 2. The second-order valence-electron chi connectivity index (χ2n) is 9.99. The van der Waals surface area contributed by atoms with Crippen LogP contribution in [-0.4, -0.2) is 30.1 Å². The number of benzene rings is 1. The fraction of sp³-hybridized carbons (Fsp3) is 0.519. The molecule has 0 saturated heterocycles. The molecule has 0 spiro atoms. The maximum absolute atomic E-state index is 12.8. The molecule has 0 fully saturated rings. The highest BCUT2D eigenvalue weighted by atomic mass is 32.2. The van der Waals surface area contributed by atoms with Crippen molar-refractivity contribution in [1.29, 1.82) is 0 Å². The van der Waals surface area contributed by atoms with Gasteiger partial charge in [-0.1, -0.05) is 39.7 Å². The van der Waals surface area contributed by atoms with Crippen LogP contribution in [-0.2, 0) is 27.2 Å². The Morgan fingerprint density at radius 3 is 2.49 bits per heavy atom. The molecular weight excluding hydrogens is 480 g/mol. The highest BCUT2D eigenvalue weighted by Gasteiger charge is 2.26. The molecule has 8 heteroatoms. The van der Waals surface area contributed by atoms with E-state index >= 15 is 0 Å². The van der Waals surface area contributed by atoms with Crippen LogP contribution in [0.3, 0.4) is 0 Å². The summed E-state index contributed by atoms with van der Waals surface area (Å²) in [7, 11) is 0. The first-order valence-corrected chi connectivity index (χ1v) is 14.1. The Labute approximate surface area is 216 Å². The Morgan fingerprint density at radius 1 is 1.03 bits per heavy atom. The zero-order chi connectivity index (χ0) is 25.4. The molecule has 6 nitrogen and oxygen atoms in total. The molecule has 0 saturated carbocycles. The van der Waals surface area contributed by atoms with Crippen LogP contribution in [0.4, 0.5) is 10.7 Å². The lowest BCUT2D eigenvalue weighted by molar-refractivity contribution is -0.118. The minimum atomic E-state index is -0.354. The van der Waals surface area contributed by atoms with E-state index < -0.39 is 0 Å². The number of carbonyl (C=O) groups excluding carboxylic acids is 3. The monoisotopic (exact) mass is 516 g/mol. The van der Waals surface area contributed by atoms with Crippen molar-refractivity contribution in [3.05, 3.63) is 40.3 Å². The van der Waals surface area contributed by atoms with E-state index in [0.29, 0.717) is 29.3 Å². The van der Waals surface area contributed by atoms with E-state index in [1.54, 1.807) is 6.92 Å². The number of thiophene rings is 1. The first-order chi connectivity index (χ1) is 16.7. The van der Waals surface area contributed by atoms with E-state index in [4.69, 9.17) is 4.74 Å². The third kappa shape index (κ3) is 8.39. The maximum Gasteiger partial charge on any atom is 0.341 e. The molecule has 2 N–H and O–H groups in total. The molecule has 0 bridgehead atoms. The van der Waals surface area contributed by atoms with Crippen molar-refractivity contribution in [2.75, 3.05) is 23.0 Å². The van der Waals surface area contributed by atoms with E-state index in [9.17, 15) is 14.4 Å². The number of esters is 1. The number of fused-ring (bicyclic) bond motifs is 1. The van der Waals surface area contributed by atoms with E-state index in [2.05, 4.69) is 10.6 Å². The molecule has 1 heterocycles. The van der Waals surface area contributed by atoms with Gasteiger partial charge in [0, 0.05) is 21.9 Å². The fourth-order valence-electron chi connectivity index (χ4n) is 4.09. The lowest BCUT2D eigenvalue weighted by atomic mass is 9.92. The highest BCUT2D eigenvalue weighted by Crippen LogP contribution is 2.38. The molecular formula is C27H36N2O4S2. The van der Waals surface area contributed by atoms with Gasteiger partial charge in [0.1, 0.15) is 5.00 Å². The van der Waals surface area contributed by atoms with Crippen molar-refractivity contribution in [3.63, 3.8) is 0 Å². The first-order valence-electron chi connectivity index (χ1n) is 12.3. The van der Waals surface area contributed by atoms with Crippen LogP contribution in [0, 0.1) is 5.41 Å². The summed E-state index contributed by atoms with van der Waals surface area (Å²) in [6.07, 6.45) is 6.71. The third-order valence-corrected chi connectivity index (χ3v) is 7.78. The molecule has 1 aromatic heterocycles. The molecule has 1 aliphatic carbocycles. The highest BCUT2D eigenvalue weighted by molar-refractivity contribution is 8.00. The van der Waals surface area contributed by atoms with Crippen LogP contribution in [0.15, 0.2) is 29.2 Å². The summed E-state index contributed by atoms with van der Waals surface area (Å²) in [6.45, 7) is 8.17. The van der Waals surface area contributed by atoms with Crippen molar-refractivity contribution in [2.45, 2.75) is 77.5 Å². The smallest absolute Gasteiger partial charge is 0.341 e. The van der Waals surface area contributed by atoms with Gasteiger partial charge in [0.05, 0.1) is 17.9 Å². The second-order valence-corrected chi connectivity index (χ2v) is 12.1. The van der Waals surface area contributed by atoms with Crippen LogP contribution in [0.25, 0.3) is 0 Å². The standard InChI is InChI=1S/C27H36N2O4S2/c1-5-33-26(32)24-20-13-8-6-7-9-14-21(20)35-25(24)29-23(31)17-34-19-12-10-11-18(15-19)28-22(30)16-27(2,3)4/h10-12,15H,5-9,13-14,16-17H2,1-4H3,(H,28,30)(H,29,31). The number of carbonyl (C=O) groups is 3. The Morgan fingerprint density at radius 2 is 1.77 bits per heavy atom. The predicted molar refractivity (Wildman–Crippen MR) is 145 cm³/mol. The first kappa shape index (κ1) is 27.3. The normalized spacial score (nSPS) is 13.8. The quantitative estimate of drug-likeness (QED) is 0.302. The minimum absolute atomic E-state index is 0.0304. The summed E-state index contributed by atoms with van der Waals surface area (Å²) in [5.74, 6) is -0.356. The molecule has 2 amide bonds. The topological polar surface area (TPSA) is 84.5 Å². The van der Waals surface area contributed by atoms with E-state index in [1.165, 1.54) is 34.4 Å². The van der Waals surface area contributed by atoms with Crippen LogP contribution in [0.5, 0.6) is 0 Å². The zero-order valence-corrected chi connectivity index (χ0v) is 22.8. The van der Waals surface area contributed by atoms with Gasteiger partial charge < -0.3 is 15.4 Å². The fourth-order valence-corrected chi connectivity index (χ4v) is 6.14. The van der Waals surface area contributed by atoms with Crippen molar-refractivity contribution >= 4 is 51.6 Å². The van der Waals surface area contributed by atoms with Gasteiger partial charge >= 0.3 is 5.97 Å². The molecule has 0 unspecified atom stereocenters. The number of amides is 2. The summed E-state index contributed by atoms with van der Waals surface area (Å²) < 4.78 is 5.33. The average molecular weight is 517 g/mol. The van der Waals surface area contributed by atoms with Gasteiger partial charge in [-0.3, -0.25) is 9.59 Å². The van der Waals surface area contributed by atoms with Gasteiger partial charge in [-0.05, 0) is 61.8 Å². The van der Waals surface area contributed by atoms with Crippen LogP contribution >= 0.6 is 23.1 Å². The number of hydrogen-bond acceptors (Lipinski definition) is 6. The number of ether oxygens (including phenoxy) is 1. The molecule has 190 valence electrons. The number of rotatable bonds is 8. The number of nitrogens with one attached hydrogen (secondary N) is 2. The van der Waals surface area contributed by atoms with Crippen molar-refractivity contribution < 1.29 is 19.1 Å². The molecule has 0 radical (unpaired) electrons. The lowest BCUT2D eigenvalue weighted by Crippen LogP contribution is -2.19. The zero-order valence-electron chi connectivity index (χ0n) is 21.1. The van der Waals surface area contributed by atoms with E-state index in [0.717, 1.165) is 42.6 Å². The SMILES string of the molecule is CCOC(=O)c1c(NC(=O)CSc2cccc(NC(=O)CC(C)(C)C)c2)sc2c1CCCCCC2. The Bertz CT molecular complexity index is 1060. The average Bonchev–Trinajstić information content (AvgIpc) is 3.07. The molecule has 1 aliphatic rings. The Balaban J connectivity index is 1.66. The Hall–Kier alpha value is -2.32. The van der Waals surface area contributed by atoms with Gasteiger partial charge in [-0.2, -0.15) is 0 Å². The minimum Gasteiger partial charge on any atom is -0.462 e. The Kier molecular flexibility index (Phi) is 9.80. The van der Waals surface area contributed by atoms with Crippen molar-refractivity contribution in [2.24, 2.45) is 5.41 Å². The van der Waals surface area contributed by atoms with Crippen LogP contribution < -0.4 is 10.6 Å². The maximum atomic E-state index is 12.8. The van der Waals surface area contributed by atoms with Crippen molar-refractivity contribution in [3.8, 4) is 0 Å². The van der Waals surface area contributed by atoms with E-state index in [1.807, 2.05) is 45.0 Å².